The number of hydrogen-bond donors (Lipinski definition) is 1. The van der Waals surface area contributed by atoms with Crippen molar-refractivity contribution in [3.05, 3.63) is 22.4 Å². The van der Waals surface area contributed by atoms with Crippen molar-refractivity contribution in [2.75, 3.05) is 19.6 Å². The first kappa shape index (κ1) is 12.0. The zero-order valence-corrected chi connectivity index (χ0v) is 9.82. The normalized spacial score (nSPS) is 22.2. The van der Waals surface area contributed by atoms with E-state index in [2.05, 4.69) is 22.4 Å². The van der Waals surface area contributed by atoms with E-state index in [1.54, 1.807) is 0 Å². The molecule has 1 atom stereocenters. The monoisotopic (exact) mass is 232 g/mol. The molecule has 0 bridgehead atoms. The minimum Gasteiger partial charge on any atom is -0.329 e. The molecular formula is C10H17ClN2S. The number of nitrogens with two attached hydrogens (primary N) is 1. The molecule has 2 rings (SSSR count). The van der Waals surface area contributed by atoms with Gasteiger partial charge in [-0.2, -0.15) is 0 Å². The van der Waals surface area contributed by atoms with Crippen molar-refractivity contribution in [3.8, 4) is 0 Å². The SMILES string of the molecule is Cl.NCCN1CCCC1c1cccs1. The van der Waals surface area contributed by atoms with E-state index >= 15 is 0 Å². The molecule has 80 valence electrons. The van der Waals surface area contributed by atoms with E-state index in [9.17, 15) is 0 Å². The summed E-state index contributed by atoms with van der Waals surface area (Å²) in [5.41, 5.74) is 5.59. The third kappa shape index (κ3) is 2.48. The Bertz CT molecular complexity index is 251. The van der Waals surface area contributed by atoms with Crippen molar-refractivity contribution >= 4 is 23.7 Å². The van der Waals surface area contributed by atoms with Gasteiger partial charge in [-0.15, -0.1) is 23.7 Å². The van der Waals surface area contributed by atoms with Gasteiger partial charge < -0.3 is 5.73 Å². The number of hydrogen-bond acceptors (Lipinski definition) is 3. The van der Waals surface area contributed by atoms with E-state index in [-0.39, 0.29) is 12.4 Å². The van der Waals surface area contributed by atoms with Crippen LogP contribution in [0.1, 0.15) is 23.8 Å². The molecule has 0 radical (unpaired) electrons. The lowest BCUT2D eigenvalue weighted by molar-refractivity contribution is 0.268. The Morgan fingerprint density at radius 2 is 2.43 bits per heavy atom. The summed E-state index contributed by atoms with van der Waals surface area (Å²) < 4.78 is 0. The zero-order chi connectivity index (χ0) is 9.10. The second kappa shape index (κ2) is 5.71. The van der Waals surface area contributed by atoms with E-state index in [1.807, 2.05) is 11.3 Å². The van der Waals surface area contributed by atoms with E-state index in [0.717, 1.165) is 13.1 Å². The number of thiophene rings is 1. The van der Waals surface area contributed by atoms with Crippen LogP contribution < -0.4 is 5.73 Å². The Morgan fingerprint density at radius 3 is 3.07 bits per heavy atom. The Hall–Kier alpha value is -0.0900. The molecule has 0 spiro atoms. The average Bonchev–Trinajstić information content (AvgIpc) is 2.71. The van der Waals surface area contributed by atoms with Gasteiger partial charge in [-0.25, -0.2) is 0 Å². The molecule has 2 heterocycles. The maximum atomic E-state index is 5.59. The molecule has 0 amide bonds. The van der Waals surface area contributed by atoms with Gasteiger partial charge in [0, 0.05) is 24.0 Å². The van der Waals surface area contributed by atoms with Gasteiger partial charge in [0.05, 0.1) is 0 Å². The van der Waals surface area contributed by atoms with E-state index in [1.165, 1.54) is 24.3 Å². The molecule has 0 aromatic carbocycles. The Kier molecular flexibility index (Phi) is 4.89. The maximum absolute atomic E-state index is 5.59. The molecule has 4 heteroatoms. The Labute approximate surface area is 95.5 Å². The van der Waals surface area contributed by atoms with Crippen LogP contribution in [-0.2, 0) is 0 Å². The van der Waals surface area contributed by atoms with Crippen LogP contribution in [0.25, 0.3) is 0 Å². The van der Waals surface area contributed by atoms with Crippen molar-refractivity contribution < 1.29 is 0 Å². The van der Waals surface area contributed by atoms with Crippen molar-refractivity contribution in [2.24, 2.45) is 5.73 Å². The van der Waals surface area contributed by atoms with Gasteiger partial charge in [-0.3, -0.25) is 4.90 Å². The quantitative estimate of drug-likeness (QED) is 0.867. The number of likely N-dealkylation sites (tertiary alicyclic amines) is 1. The van der Waals surface area contributed by atoms with Crippen LogP contribution in [0.2, 0.25) is 0 Å². The summed E-state index contributed by atoms with van der Waals surface area (Å²) in [5, 5.41) is 2.16. The summed E-state index contributed by atoms with van der Waals surface area (Å²) in [4.78, 5) is 4.01. The van der Waals surface area contributed by atoms with Crippen molar-refractivity contribution in [1.82, 2.24) is 4.90 Å². The molecule has 0 aliphatic carbocycles. The van der Waals surface area contributed by atoms with Crippen LogP contribution in [0.3, 0.4) is 0 Å². The van der Waals surface area contributed by atoms with Crippen LogP contribution in [0.4, 0.5) is 0 Å². The molecule has 1 unspecified atom stereocenters. The molecular weight excluding hydrogens is 216 g/mol. The summed E-state index contributed by atoms with van der Waals surface area (Å²) in [5.74, 6) is 0. The van der Waals surface area contributed by atoms with Crippen molar-refractivity contribution in [2.45, 2.75) is 18.9 Å². The van der Waals surface area contributed by atoms with Crippen LogP contribution in [-0.4, -0.2) is 24.5 Å². The van der Waals surface area contributed by atoms with E-state index < -0.39 is 0 Å². The molecule has 2 N–H and O–H groups in total. The summed E-state index contributed by atoms with van der Waals surface area (Å²) in [6.45, 7) is 3.05. The lowest BCUT2D eigenvalue weighted by Crippen LogP contribution is -2.28. The van der Waals surface area contributed by atoms with Gasteiger partial charge in [-0.1, -0.05) is 6.07 Å². The lowest BCUT2D eigenvalue weighted by atomic mass is 10.2. The molecule has 14 heavy (non-hydrogen) atoms. The van der Waals surface area contributed by atoms with Gasteiger partial charge in [0.2, 0.25) is 0 Å². The van der Waals surface area contributed by atoms with Crippen LogP contribution in [0, 0.1) is 0 Å². The van der Waals surface area contributed by atoms with Gasteiger partial charge >= 0.3 is 0 Å². The highest BCUT2D eigenvalue weighted by molar-refractivity contribution is 7.10. The molecule has 1 aliphatic rings. The van der Waals surface area contributed by atoms with Crippen LogP contribution in [0.5, 0.6) is 0 Å². The number of rotatable bonds is 3. The minimum absolute atomic E-state index is 0. The molecule has 1 aromatic heterocycles. The lowest BCUT2D eigenvalue weighted by Gasteiger charge is -2.22. The van der Waals surface area contributed by atoms with Gasteiger partial charge in [0.15, 0.2) is 0 Å². The second-order valence-corrected chi connectivity index (χ2v) is 4.48. The molecule has 1 saturated heterocycles. The summed E-state index contributed by atoms with van der Waals surface area (Å²) in [7, 11) is 0. The summed E-state index contributed by atoms with van der Waals surface area (Å²) in [6.07, 6.45) is 2.63. The highest BCUT2D eigenvalue weighted by atomic mass is 35.5. The Balaban J connectivity index is 0.000000980. The van der Waals surface area contributed by atoms with Gasteiger partial charge in [0.25, 0.3) is 0 Å². The Morgan fingerprint density at radius 1 is 1.57 bits per heavy atom. The predicted octanol–water partition coefficient (Wildman–Crippen LogP) is 2.27. The third-order valence-electron chi connectivity index (χ3n) is 2.65. The van der Waals surface area contributed by atoms with Crippen molar-refractivity contribution in [1.29, 1.82) is 0 Å². The van der Waals surface area contributed by atoms with Gasteiger partial charge in [0.1, 0.15) is 0 Å². The first-order valence-electron chi connectivity index (χ1n) is 4.89. The molecule has 1 fully saturated rings. The van der Waals surface area contributed by atoms with E-state index in [4.69, 9.17) is 5.73 Å². The summed E-state index contributed by atoms with van der Waals surface area (Å²) >= 11 is 1.87. The first-order chi connectivity index (χ1) is 6.42. The largest absolute Gasteiger partial charge is 0.329 e. The predicted molar refractivity (Wildman–Crippen MR) is 64.2 cm³/mol. The van der Waals surface area contributed by atoms with E-state index in [0.29, 0.717) is 6.04 Å². The molecule has 1 aromatic rings. The topological polar surface area (TPSA) is 29.3 Å². The minimum atomic E-state index is 0. The molecule has 2 nitrogen and oxygen atoms in total. The smallest absolute Gasteiger partial charge is 0.0442 e. The standard InChI is InChI=1S/C10H16N2S.ClH/c11-5-7-12-6-1-3-9(12)10-4-2-8-13-10;/h2,4,8-9H,1,3,5-7,11H2;1H. The van der Waals surface area contributed by atoms with Crippen molar-refractivity contribution in [3.63, 3.8) is 0 Å². The van der Waals surface area contributed by atoms with Gasteiger partial charge in [-0.05, 0) is 30.8 Å². The molecule has 0 saturated carbocycles. The summed E-state index contributed by atoms with van der Waals surface area (Å²) in [6, 6.07) is 5.03. The highest BCUT2D eigenvalue weighted by Gasteiger charge is 2.25. The zero-order valence-electron chi connectivity index (χ0n) is 8.19. The third-order valence-corrected chi connectivity index (χ3v) is 3.63. The molecule has 1 aliphatic heterocycles. The highest BCUT2D eigenvalue weighted by Crippen LogP contribution is 2.33. The second-order valence-electron chi connectivity index (χ2n) is 3.50. The van der Waals surface area contributed by atoms with Crippen LogP contribution in [0.15, 0.2) is 17.5 Å². The maximum Gasteiger partial charge on any atom is 0.0442 e. The first-order valence-corrected chi connectivity index (χ1v) is 5.77. The fourth-order valence-corrected chi connectivity index (χ4v) is 2.96. The fourth-order valence-electron chi connectivity index (χ4n) is 2.06. The average molecular weight is 233 g/mol. The fraction of sp³-hybridized carbons (Fsp3) is 0.600. The number of halogens is 1. The number of nitrogens with zero attached hydrogens (tertiary/aromatic N) is 1. The van der Waals surface area contributed by atoms with Crippen LogP contribution >= 0.6 is 23.7 Å².